The molecule has 0 spiro atoms. The lowest BCUT2D eigenvalue weighted by Crippen LogP contribution is -2.48. The van der Waals surface area contributed by atoms with Gasteiger partial charge < -0.3 is 9.47 Å². The molecule has 0 aromatic carbocycles. The van der Waals surface area contributed by atoms with Gasteiger partial charge in [-0.3, -0.25) is 9.69 Å². The van der Waals surface area contributed by atoms with Crippen LogP contribution in [0.5, 0.6) is 0 Å². The van der Waals surface area contributed by atoms with Crippen molar-refractivity contribution in [3.63, 3.8) is 0 Å². The van der Waals surface area contributed by atoms with Crippen molar-refractivity contribution < 1.29 is 4.79 Å². The summed E-state index contributed by atoms with van der Waals surface area (Å²) in [7, 11) is 0. The van der Waals surface area contributed by atoms with Crippen LogP contribution in [-0.2, 0) is 11.3 Å². The zero-order chi connectivity index (χ0) is 19.1. The Morgan fingerprint density at radius 2 is 1.93 bits per heavy atom. The molecule has 2 aromatic rings. The van der Waals surface area contributed by atoms with Crippen molar-refractivity contribution in [2.75, 3.05) is 31.9 Å². The van der Waals surface area contributed by atoms with Crippen LogP contribution in [0, 0.1) is 0 Å². The third kappa shape index (κ3) is 4.25. The molecule has 0 N–H and O–H groups in total. The molecule has 2 aliphatic carbocycles. The molecule has 9 heteroatoms. The summed E-state index contributed by atoms with van der Waals surface area (Å²) in [5.41, 5.74) is 0. The summed E-state index contributed by atoms with van der Waals surface area (Å²) in [6.07, 6.45) is 4.90. The van der Waals surface area contributed by atoms with Crippen LogP contribution < -0.4 is 0 Å². The van der Waals surface area contributed by atoms with E-state index < -0.39 is 0 Å². The highest BCUT2D eigenvalue weighted by molar-refractivity contribution is 7.99. The summed E-state index contributed by atoms with van der Waals surface area (Å²) >= 11 is 9.22. The lowest BCUT2D eigenvalue weighted by atomic mass is 10.3. The maximum Gasteiger partial charge on any atom is 0.233 e. The minimum atomic E-state index is 0.210. The number of thiophene rings is 1. The Hall–Kier alpha value is -1.09. The fourth-order valence-electron chi connectivity index (χ4n) is 3.71. The lowest BCUT2D eigenvalue weighted by molar-refractivity contribution is -0.130. The van der Waals surface area contributed by atoms with Gasteiger partial charge in [0.2, 0.25) is 5.91 Å². The van der Waals surface area contributed by atoms with Crippen molar-refractivity contribution in [2.45, 2.75) is 49.3 Å². The molecule has 2 aromatic heterocycles. The lowest BCUT2D eigenvalue weighted by Gasteiger charge is -2.34. The Balaban J connectivity index is 1.12. The standard InChI is InChI=1S/C19H24ClN5OS2/c20-16-6-5-15(28-16)11-23-7-9-24(10-8-23)17(26)12-27-19-22-21-18(13-1-2-13)25(19)14-3-4-14/h5-6,13-14H,1-4,7-12H2. The summed E-state index contributed by atoms with van der Waals surface area (Å²) < 4.78 is 3.16. The van der Waals surface area contributed by atoms with Gasteiger partial charge in [0.05, 0.1) is 10.1 Å². The number of hydrogen-bond acceptors (Lipinski definition) is 6. The summed E-state index contributed by atoms with van der Waals surface area (Å²) in [6, 6.07) is 4.61. The smallest absolute Gasteiger partial charge is 0.233 e. The Bertz CT molecular complexity index is 852. The number of carbonyl (C=O) groups excluding carboxylic acids is 1. The molecule has 150 valence electrons. The Morgan fingerprint density at radius 1 is 1.14 bits per heavy atom. The minimum absolute atomic E-state index is 0.210. The number of halogens is 1. The normalized spacial score (nSPS) is 20.7. The van der Waals surface area contributed by atoms with E-state index in [1.54, 1.807) is 23.1 Å². The SMILES string of the molecule is O=C(CSc1nnc(C2CC2)n1C1CC1)N1CCN(Cc2ccc(Cl)s2)CC1. The Kier molecular flexibility index (Phi) is 5.38. The van der Waals surface area contributed by atoms with Gasteiger partial charge >= 0.3 is 0 Å². The van der Waals surface area contributed by atoms with Gasteiger partial charge in [-0.25, -0.2) is 0 Å². The summed E-state index contributed by atoms with van der Waals surface area (Å²) in [4.78, 5) is 18.4. The van der Waals surface area contributed by atoms with Crippen LogP contribution in [0.25, 0.3) is 0 Å². The number of piperazine rings is 1. The van der Waals surface area contributed by atoms with Crippen molar-refractivity contribution >= 4 is 40.6 Å². The third-order valence-corrected chi connectivity index (χ3v) is 7.75. The van der Waals surface area contributed by atoms with Gasteiger partial charge in [-0.05, 0) is 37.8 Å². The van der Waals surface area contributed by atoms with E-state index in [0.717, 1.165) is 48.0 Å². The zero-order valence-corrected chi connectivity index (χ0v) is 18.1. The van der Waals surface area contributed by atoms with Crippen LogP contribution in [-0.4, -0.2) is 62.4 Å². The Labute approximate surface area is 178 Å². The number of amides is 1. The van der Waals surface area contributed by atoms with Crippen LogP contribution in [0.2, 0.25) is 4.34 Å². The average molecular weight is 438 g/mol. The van der Waals surface area contributed by atoms with E-state index in [4.69, 9.17) is 11.6 Å². The van der Waals surface area contributed by atoms with Crippen LogP contribution in [0.4, 0.5) is 0 Å². The van der Waals surface area contributed by atoms with Crippen molar-refractivity contribution in [2.24, 2.45) is 0 Å². The molecule has 28 heavy (non-hydrogen) atoms. The first-order chi connectivity index (χ1) is 13.7. The molecular formula is C19H24ClN5OS2. The van der Waals surface area contributed by atoms with Crippen LogP contribution >= 0.6 is 34.7 Å². The largest absolute Gasteiger partial charge is 0.339 e. The maximum atomic E-state index is 12.7. The van der Waals surface area contributed by atoms with Crippen LogP contribution in [0.3, 0.4) is 0 Å². The minimum Gasteiger partial charge on any atom is -0.339 e. The second kappa shape index (κ2) is 7.97. The van der Waals surface area contributed by atoms with Crippen molar-refractivity contribution in [1.29, 1.82) is 0 Å². The molecule has 3 fully saturated rings. The van der Waals surface area contributed by atoms with Crippen molar-refractivity contribution in [3.8, 4) is 0 Å². The van der Waals surface area contributed by atoms with Gasteiger partial charge in [0, 0.05) is 49.6 Å². The predicted octanol–water partition coefficient (Wildman–Crippen LogP) is 3.64. The highest BCUT2D eigenvalue weighted by atomic mass is 35.5. The number of carbonyl (C=O) groups is 1. The first-order valence-electron chi connectivity index (χ1n) is 9.99. The molecule has 2 saturated carbocycles. The van der Waals surface area contributed by atoms with E-state index in [1.165, 1.54) is 30.6 Å². The monoisotopic (exact) mass is 437 g/mol. The number of nitrogens with zero attached hydrogens (tertiary/aromatic N) is 5. The van der Waals surface area contributed by atoms with Crippen LogP contribution in [0.1, 0.15) is 48.3 Å². The number of aromatic nitrogens is 3. The van der Waals surface area contributed by atoms with Gasteiger partial charge in [-0.1, -0.05) is 23.4 Å². The van der Waals surface area contributed by atoms with E-state index in [-0.39, 0.29) is 5.91 Å². The predicted molar refractivity (Wildman–Crippen MR) is 112 cm³/mol. The molecule has 0 atom stereocenters. The second-order valence-corrected chi connectivity index (χ2v) is 10.6. The number of thioether (sulfide) groups is 1. The van der Waals surface area contributed by atoms with Gasteiger partial charge in [-0.15, -0.1) is 21.5 Å². The average Bonchev–Trinajstić information content (AvgIpc) is 3.63. The maximum absolute atomic E-state index is 12.7. The first kappa shape index (κ1) is 18.9. The van der Waals surface area contributed by atoms with Crippen molar-refractivity contribution in [3.05, 3.63) is 27.2 Å². The quantitative estimate of drug-likeness (QED) is 0.619. The zero-order valence-electron chi connectivity index (χ0n) is 15.7. The highest BCUT2D eigenvalue weighted by Crippen LogP contribution is 2.46. The number of hydrogen-bond donors (Lipinski definition) is 0. The molecule has 6 nitrogen and oxygen atoms in total. The van der Waals surface area contributed by atoms with Crippen LogP contribution in [0.15, 0.2) is 17.3 Å². The van der Waals surface area contributed by atoms with Crippen molar-refractivity contribution in [1.82, 2.24) is 24.6 Å². The Morgan fingerprint density at radius 3 is 2.57 bits per heavy atom. The van der Waals surface area contributed by atoms with E-state index in [2.05, 4.69) is 25.7 Å². The molecule has 1 aliphatic heterocycles. The third-order valence-electron chi connectivity index (χ3n) is 5.60. The summed E-state index contributed by atoms with van der Waals surface area (Å²) in [6.45, 7) is 4.33. The summed E-state index contributed by atoms with van der Waals surface area (Å²) in [5, 5.41) is 9.77. The van der Waals surface area contributed by atoms with Gasteiger partial charge in [-0.2, -0.15) is 0 Å². The summed E-state index contributed by atoms with van der Waals surface area (Å²) in [5.74, 6) is 2.42. The molecule has 0 radical (unpaired) electrons. The van der Waals surface area contributed by atoms with Gasteiger partial charge in [0.1, 0.15) is 5.82 Å². The fraction of sp³-hybridized carbons (Fsp3) is 0.632. The van der Waals surface area contributed by atoms with E-state index in [0.29, 0.717) is 17.7 Å². The topological polar surface area (TPSA) is 54.3 Å². The molecular weight excluding hydrogens is 414 g/mol. The fourth-order valence-corrected chi connectivity index (χ4v) is 5.76. The molecule has 3 aliphatic rings. The highest BCUT2D eigenvalue weighted by Gasteiger charge is 2.36. The molecule has 1 amide bonds. The van der Waals surface area contributed by atoms with E-state index in [9.17, 15) is 4.79 Å². The number of rotatable bonds is 7. The van der Waals surface area contributed by atoms with Gasteiger partial charge in [0.15, 0.2) is 5.16 Å². The molecule has 3 heterocycles. The van der Waals surface area contributed by atoms with E-state index in [1.807, 2.05) is 11.0 Å². The molecule has 0 bridgehead atoms. The molecule has 1 saturated heterocycles. The molecule has 5 rings (SSSR count). The van der Waals surface area contributed by atoms with Gasteiger partial charge in [0.25, 0.3) is 0 Å². The van der Waals surface area contributed by atoms with E-state index >= 15 is 0 Å². The first-order valence-corrected chi connectivity index (χ1v) is 12.2. The second-order valence-electron chi connectivity index (χ2n) is 7.87. The molecule has 0 unspecified atom stereocenters.